The molecular formula is C18H24N4O3. The highest BCUT2D eigenvalue weighted by atomic mass is 16.5. The Balaban J connectivity index is 1.45. The maximum absolute atomic E-state index is 12.7. The largest absolute Gasteiger partial charge is 0.459 e. The van der Waals surface area contributed by atoms with Crippen LogP contribution in [0, 0.1) is 5.41 Å². The zero-order chi connectivity index (χ0) is 17.3. The van der Waals surface area contributed by atoms with Crippen molar-refractivity contribution in [2.24, 2.45) is 12.5 Å². The van der Waals surface area contributed by atoms with Crippen molar-refractivity contribution in [1.82, 2.24) is 19.4 Å². The molecule has 1 spiro atoms. The molecule has 4 heterocycles. The predicted molar refractivity (Wildman–Crippen MR) is 91.0 cm³/mol. The van der Waals surface area contributed by atoms with Crippen molar-refractivity contribution in [1.29, 1.82) is 0 Å². The number of nitrogens with zero attached hydrogens (tertiary/aromatic N) is 4. The van der Waals surface area contributed by atoms with Crippen molar-refractivity contribution < 1.29 is 13.9 Å². The van der Waals surface area contributed by atoms with Crippen molar-refractivity contribution in [3.8, 4) is 0 Å². The highest BCUT2D eigenvalue weighted by molar-refractivity contribution is 5.91. The first-order valence-corrected chi connectivity index (χ1v) is 8.74. The Labute approximate surface area is 147 Å². The van der Waals surface area contributed by atoms with Crippen molar-refractivity contribution in [3.63, 3.8) is 0 Å². The number of hydrogen-bond donors (Lipinski definition) is 0. The molecule has 7 nitrogen and oxygen atoms in total. The molecule has 0 N–H and O–H groups in total. The minimum atomic E-state index is -0.0440. The predicted octanol–water partition coefficient (Wildman–Crippen LogP) is 1.38. The van der Waals surface area contributed by atoms with E-state index in [1.807, 2.05) is 24.3 Å². The van der Waals surface area contributed by atoms with Crippen LogP contribution in [-0.2, 0) is 18.3 Å². The number of aromatic nitrogens is 2. The molecule has 25 heavy (non-hydrogen) atoms. The topological polar surface area (TPSA) is 63.7 Å². The molecule has 1 amide bonds. The third-order valence-corrected chi connectivity index (χ3v) is 5.26. The molecule has 2 aromatic rings. The minimum Gasteiger partial charge on any atom is -0.459 e. The van der Waals surface area contributed by atoms with Crippen LogP contribution in [0.1, 0.15) is 22.8 Å². The first kappa shape index (κ1) is 16.4. The molecule has 0 unspecified atom stereocenters. The molecule has 0 saturated carbocycles. The van der Waals surface area contributed by atoms with Gasteiger partial charge in [-0.2, -0.15) is 0 Å². The Kier molecular flexibility index (Phi) is 4.35. The van der Waals surface area contributed by atoms with Crippen molar-refractivity contribution in [2.75, 3.05) is 39.4 Å². The highest BCUT2D eigenvalue weighted by Crippen LogP contribution is 2.34. The number of ether oxygens (including phenoxy) is 1. The van der Waals surface area contributed by atoms with E-state index in [1.54, 1.807) is 18.4 Å². The molecule has 2 aliphatic heterocycles. The Hall–Kier alpha value is -2.12. The SMILES string of the molecule is Cn1ccnc1CN1CC[C@]2(COCCN(C(=O)c3ccco3)C2)C1. The van der Waals surface area contributed by atoms with Gasteiger partial charge in [-0.1, -0.05) is 0 Å². The first-order valence-electron chi connectivity index (χ1n) is 8.74. The molecule has 1 atom stereocenters. The van der Waals surface area contributed by atoms with Crippen molar-refractivity contribution in [2.45, 2.75) is 13.0 Å². The van der Waals surface area contributed by atoms with Crippen molar-refractivity contribution in [3.05, 3.63) is 42.4 Å². The number of imidazole rings is 1. The lowest BCUT2D eigenvalue weighted by Crippen LogP contribution is -2.43. The Bertz CT molecular complexity index is 727. The summed E-state index contributed by atoms with van der Waals surface area (Å²) in [6.07, 6.45) is 6.38. The lowest BCUT2D eigenvalue weighted by Gasteiger charge is -2.31. The number of likely N-dealkylation sites (tertiary alicyclic amines) is 1. The monoisotopic (exact) mass is 344 g/mol. The van der Waals surface area contributed by atoms with Crippen LogP contribution >= 0.6 is 0 Å². The maximum atomic E-state index is 12.7. The number of carbonyl (C=O) groups excluding carboxylic acids is 1. The van der Waals surface area contributed by atoms with E-state index in [9.17, 15) is 4.79 Å². The van der Waals surface area contributed by atoms with Gasteiger partial charge in [0.25, 0.3) is 5.91 Å². The molecule has 7 heteroatoms. The molecule has 4 rings (SSSR count). The van der Waals surface area contributed by atoms with E-state index in [0.717, 1.165) is 31.9 Å². The van der Waals surface area contributed by atoms with Crippen LogP contribution in [0.25, 0.3) is 0 Å². The van der Waals surface area contributed by atoms with Gasteiger partial charge in [0, 0.05) is 44.5 Å². The van der Waals surface area contributed by atoms with Gasteiger partial charge in [-0.15, -0.1) is 0 Å². The fraction of sp³-hybridized carbons (Fsp3) is 0.556. The second kappa shape index (κ2) is 6.65. The average molecular weight is 344 g/mol. The summed E-state index contributed by atoms with van der Waals surface area (Å²) in [6, 6.07) is 3.48. The zero-order valence-electron chi connectivity index (χ0n) is 14.6. The molecule has 0 radical (unpaired) electrons. The number of amides is 1. The van der Waals surface area contributed by atoms with Gasteiger partial charge in [0.15, 0.2) is 5.76 Å². The zero-order valence-corrected chi connectivity index (χ0v) is 14.6. The number of carbonyl (C=O) groups is 1. The van der Waals surface area contributed by atoms with Gasteiger partial charge in [0.05, 0.1) is 26.0 Å². The third kappa shape index (κ3) is 3.34. The summed E-state index contributed by atoms with van der Waals surface area (Å²) in [7, 11) is 2.02. The van der Waals surface area contributed by atoms with Gasteiger partial charge in [-0.25, -0.2) is 4.98 Å². The van der Waals surface area contributed by atoms with E-state index >= 15 is 0 Å². The average Bonchev–Trinajstić information content (AvgIpc) is 3.31. The van der Waals surface area contributed by atoms with E-state index in [4.69, 9.17) is 9.15 Å². The highest BCUT2D eigenvalue weighted by Gasteiger charge is 2.42. The van der Waals surface area contributed by atoms with Crippen LogP contribution in [0.5, 0.6) is 0 Å². The van der Waals surface area contributed by atoms with Crippen LogP contribution in [0.3, 0.4) is 0 Å². The Morgan fingerprint density at radius 2 is 2.28 bits per heavy atom. The van der Waals surface area contributed by atoms with Gasteiger partial charge < -0.3 is 18.6 Å². The van der Waals surface area contributed by atoms with E-state index in [-0.39, 0.29) is 11.3 Å². The molecule has 2 aromatic heterocycles. The normalized spacial score (nSPS) is 24.8. The van der Waals surface area contributed by atoms with E-state index in [1.165, 1.54) is 0 Å². The number of rotatable bonds is 3. The number of furan rings is 1. The summed E-state index contributed by atoms with van der Waals surface area (Å²) in [5, 5.41) is 0. The molecule has 2 saturated heterocycles. The van der Waals surface area contributed by atoms with E-state index < -0.39 is 0 Å². The van der Waals surface area contributed by atoms with Gasteiger partial charge in [-0.05, 0) is 25.1 Å². The summed E-state index contributed by atoms with van der Waals surface area (Å²) < 4.78 is 13.2. The second-order valence-corrected chi connectivity index (χ2v) is 7.17. The molecule has 0 bridgehead atoms. The third-order valence-electron chi connectivity index (χ3n) is 5.26. The summed E-state index contributed by atoms with van der Waals surface area (Å²) in [5.74, 6) is 1.42. The second-order valence-electron chi connectivity index (χ2n) is 7.17. The van der Waals surface area contributed by atoms with Crippen LogP contribution in [0.2, 0.25) is 0 Å². The van der Waals surface area contributed by atoms with Crippen LogP contribution in [0.4, 0.5) is 0 Å². The van der Waals surface area contributed by atoms with Gasteiger partial charge in [0.1, 0.15) is 5.82 Å². The summed E-state index contributed by atoms with van der Waals surface area (Å²) in [6.45, 7) is 5.35. The first-order chi connectivity index (χ1) is 12.2. The molecular weight excluding hydrogens is 320 g/mol. The van der Waals surface area contributed by atoms with Crippen LogP contribution < -0.4 is 0 Å². The lowest BCUT2D eigenvalue weighted by molar-refractivity contribution is 0.0623. The lowest BCUT2D eigenvalue weighted by atomic mass is 9.87. The summed E-state index contributed by atoms with van der Waals surface area (Å²) in [5.41, 5.74) is -0.0100. The summed E-state index contributed by atoms with van der Waals surface area (Å²) in [4.78, 5) is 21.4. The number of hydrogen-bond acceptors (Lipinski definition) is 5. The van der Waals surface area contributed by atoms with E-state index in [2.05, 4.69) is 14.5 Å². The van der Waals surface area contributed by atoms with Crippen LogP contribution in [-0.4, -0.2) is 64.7 Å². The number of aryl methyl sites for hydroxylation is 1. The standard InChI is InChI=1S/C18H24N4O3/c1-20-7-5-19-16(20)11-21-6-4-18(12-21)13-22(8-10-24-14-18)17(23)15-3-2-9-25-15/h2-3,5,7,9H,4,6,8,10-14H2,1H3/t18-/m0/s1. The summed E-state index contributed by atoms with van der Waals surface area (Å²) >= 11 is 0. The van der Waals surface area contributed by atoms with E-state index in [0.29, 0.717) is 32.1 Å². The Morgan fingerprint density at radius 1 is 1.36 bits per heavy atom. The molecule has 2 aliphatic rings. The Morgan fingerprint density at radius 3 is 3.04 bits per heavy atom. The molecule has 134 valence electrons. The maximum Gasteiger partial charge on any atom is 0.289 e. The van der Waals surface area contributed by atoms with Crippen LogP contribution in [0.15, 0.2) is 35.2 Å². The quantitative estimate of drug-likeness (QED) is 0.842. The van der Waals surface area contributed by atoms with Gasteiger partial charge >= 0.3 is 0 Å². The molecule has 2 fully saturated rings. The fourth-order valence-corrected chi connectivity index (χ4v) is 3.88. The molecule has 0 aliphatic carbocycles. The minimum absolute atomic E-state index is 0.0100. The van der Waals surface area contributed by atoms with Gasteiger partial charge in [0.2, 0.25) is 0 Å². The van der Waals surface area contributed by atoms with Crippen molar-refractivity contribution >= 4 is 5.91 Å². The fourth-order valence-electron chi connectivity index (χ4n) is 3.88. The van der Waals surface area contributed by atoms with Gasteiger partial charge in [-0.3, -0.25) is 9.69 Å². The molecule has 0 aromatic carbocycles. The smallest absolute Gasteiger partial charge is 0.289 e.